The fraction of sp³-hybridized carbons (Fsp3) is 1.00. The molecule has 0 amide bonds. The molecular weight excluding hydrogens is 60.9 g/mol. The monoisotopic (exact) mass is 73.1 g/mol. The van der Waals surface area contributed by atoms with Crippen LogP contribution < -0.4 is 0 Å². The van der Waals surface area contributed by atoms with Crippen molar-refractivity contribution in [3.05, 3.63) is 0 Å². The van der Waals surface area contributed by atoms with Gasteiger partial charge in [0.25, 0.3) is 0 Å². The Hall–Kier alpha value is 0.0249. The van der Waals surface area contributed by atoms with Crippen LogP contribution in [0.5, 0.6) is 0 Å². The van der Waals surface area contributed by atoms with E-state index in [1.165, 1.54) is 0 Å². The second-order valence-electron chi connectivity index (χ2n) is 1.34. The van der Waals surface area contributed by atoms with E-state index in [9.17, 15) is 0 Å². The van der Waals surface area contributed by atoms with Gasteiger partial charge in [-0.1, -0.05) is 0 Å². The maximum atomic E-state index is 2.00. The van der Waals surface area contributed by atoms with Crippen molar-refractivity contribution in [2.75, 3.05) is 21.1 Å². The van der Waals surface area contributed by atoms with Gasteiger partial charge in [0.1, 0.15) is 0 Å². The van der Waals surface area contributed by atoms with E-state index >= 15 is 0 Å². The number of nitrogens with zero attached hydrogens (tertiary/aromatic N) is 1. The molecule has 0 heterocycles. The van der Waals surface area contributed by atoms with Crippen molar-refractivity contribution in [1.29, 1.82) is 0 Å². The molecule has 2 heteroatoms. The van der Waals surface area contributed by atoms with Crippen molar-refractivity contribution in [1.82, 2.24) is 4.90 Å². The molecule has 0 unspecified atom stereocenters. The minimum absolute atomic E-state index is 0. The molecule has 0 fully saturated rings. The van der Waals surface area contributed by atoms with Crippen LogP contribution in [-0.2, 0) is 0 Å². The van der Waals surface area contributed by atoms with Crippen LogP contribution in [0.3, 0.4) is 0 Å². The Bertz CT molecular complexity index is 19.2. The zero-order chi connectivity index (χ0) is 3.58. The summed E-state index contributed by atoms with van der Waals surface area (Å²) in [5.41, 5.74) is 0. The Morgan fingerprint density at radius 2 is 1.20 bits per heavy atom. The number of rotatable bonds is 0. The van der Waals surface area contributed by atoms with Crippen LogP contribution in [0.25, 0.3) is 0 Å². The molecule has 0 N–H and O–H groups in total. The number of hydrogen-bond acceptors (Lipinski definition) is 1. The summed E-state index contributed by atoms with van der Waals surface area (Å²) in [5.74, 6) is 0. The molecule has 0 aromatic carbocycles. The zero-order valence-corrected chi connectivity index (χ0v) is 4.02. The second-order valence-corrected chi connectivity index (χ2v) is 1.34. The molecule has 0 aliphatic carbocycles. The summed E-state index contributed by atoms with van der Waals surface area (Å²) in [5, 5.41) is 0. The molecule has 0 radical (unpaired) electrons. The third-order valence-electron chi connectivity index (χ3n) is 0. The molecule has 0 rings (SSSR count). The third kappa shape index (κ3) is 26500. The molecule has 0 aliphatic heterocycles. The average Bonchev–Trinajstić information content (AvgIpc) is 0.811. The van der Waals surface area contributed by atoms with Crippen molar-refractivity contribution in [2.24, 2.45) is 0 Å². The predicted octanol–water partition coefficient (Wildman–Crippen LogP) is 0.135. The molecular formula is C3H12BN. The summed E-state index contributed by atoms with van der Waals surface area (Å²) in [6, 6.07) is 0. The molecule has 0 bridgehead atoms. The van der Waals surface area contributed by atoms with Gasteiger partial charge in [-0.3, -0.25) is 0 Å². The molecule has 0 atom stereocenters. The van der Waals surface area contributed by atoms with E-state index in [4.69, 9.17) is 0 Å². The van der Waals surface area contributed by atoms with E-state index in [0.717, 1.165) is 0 Å². The first-order chi connectivity index (χ1) is 1.73. The maximum absolute atomic E-state index is 2.00. The zero-order valence-electron chi connectivity index (χ0n) is 7.02. The number of hydrogen-bond donors (Lipinski definition) is 0. The van der Waals surface area contributed by atoms with Crippen LogP contribution in [0.2, 0.25) is 0 Å². The molecule has 0 spiro atoms. The van der Waals surface area contributed by atoms with Crippen LogP contribution in [0.4, 0.5) is 0 Å². The summed E-state index contributed by atoms with van der Waals surface area (Å²) >= 11 is 0. The normalized spacial score (nSPS) is 7.20. The van der Waals surface area contributed by atoms with E-state index in [1.807, 2.05) is 26.0 Å². The summed E-state index contributed by atoms with van der Waals surface area (Å²) in [6.07, 6.45) is 0. The summed E-state index contributed by atoms with van der Waals surface area (Å²) in [7, 11) is 6.00. The topological polar surface area (TPSA) is 3.24 Å². The minimum atomic E-state index is 0. The maximum Gasteiger partial charge on any atom is 3.00 e. The van der Waals surface area contributed by atoms with Gasteiger partial charge in [0.2, 0.25) is 0 Å². The van der Waals surface area contributed by atoms with Gasteiger partial charge >= 0.3 is 8.41 Å². The molecule has 0 aromatic rings. The van der Waals surface area contributed by atoms with Crippen molar-refractivity contribution in [3.63, 3.8) is 0 Å². The van der Waals surface area contributed by atoms with Gasteiger partial charge in [-0.2, -0.15) is 0 Å². The first kappa shape index (κ1) is 8.90. The Labute approximate surface area is 40.0 Å². The summed E-state index contributed by atoms with van der Waals surface area (Å²) in [4.78, 5) is 2.00. The van der Waals surface area contributed by atoms with Gasteiger partial charge in [-0.05, 0) is 21.1 Å². The predicted molar refractivity (Wildman–Crippen MR) is 28.7 cm³/mol. The van der Waals surface area contributed by atoms with E-state index in [-0.39, 0.29) is 12.7 Å². The van der Waals surface area contributed by atoms with Gasteiger partial charge in [0.15, 0.2) is 0 Å². The van der Waals surface area contributed by atoms with Crippen molar-refractivity contribution in [2.45, 2.75) is 0 Å². The van der Waals surface area contributed by atoms with Crippen molar-refractivity contribution in [3.8, 4) is 0 Å². The van der Waals surface area contributed by atoms with Gasteiger partial charge < -0.3 is 9.18 Å². The van der Waals surface area contributed by atoms with Crippen molar-refractivity contribution < 1.29 is 4.28 Å². The first-order valence-corrected chi connectivity index (χ1v) is 1.34. The van der Waals surface area contributed by atoms with Gasteiger partial charge in [-0.25, -0.2) is 0 Å². The molecule has 5 heavy (non-hydrogen) atoms. The summed E-state index contributed by atoms with van der Waals surface area (Å²) < 4.78 is 0. The quantitative estimate of drug-likeness (QED) is 0.368. The van der Waals surface area contributed by atoms with E-state index in [2.05, 4.69) is 0 Å². The van der Waals surface area contributed by atoms with Gasteiger partial charge in [0, 0.05) is 0 Å². The van der Waals surface area contributed by atoms with Gasteiger partial charge in [0.05, 0.1) is 0 Å². The van der Waals surface area contributed by atoms with Crippen LogP contribution in [0.1, 0.15) is 4.28 Å². The molecule has 0 saturated carbocycles. The Balaban J connectivity index is -0.00000000750. The van der Waals surface area contributed by atoms with E-state index < -0.39 is 0 Å². The molecule has 32 valence electrons. The van der Waals surface area contributed by atoms with Crippen LogP contribution >= 0.6 is 0 Å². The largest absolute Gasteiger partial charge is 3.00 e. The van der Waals surface area contributed by atoms with Crippen LogP contribution in [0.15, 0.2) is 0 Å². The SMILES string of the molecule is CN(C)C.[B+3].[H-].[H-].[H-]. The fourth-order valence-corrected chi connectivity index (χ4v) is 0. The molecule has 0 aliphatic rings. The molecule has 1 nitrogen and oxygen atoms in total. The first-order valence-electron chi connectivity index (χ1n) is 1.34. The van der Waals surface area contributed by atoms with Crippen molar-refractivity contribution >= 4 is 8.41 Å². The van der Waals surface area contributed by atoms with Crippen LogP contribution in [-0.4, -0.2) is 34.5 Å². The molecule has 0 saturated heterocycles. The minimum Gasteiger partial charge on any atom is -1.00 e. The molecule has 0 aromatic heterocycles. The standard InChI is InChI=1S/C3H9N.B.3H/c1-4(2)3;;;;/h1-3H3;;;;/q;+3;3*-1. The second kappa shape index (κ2) is 4.02. The van der Waals surface area contributed by atoms with Gasteiger partial charge in [-0.15, -0.1) is 0 Å². The smallest absolute Gasteiger partial charge is 1.00 e. The Morgan fingerprint density at radius 1 is 1.20 bits per heavy atom. The van der Waals surface area contributed by atoms with Crippen LogP contribution in [0, 0.1) is 0 Å². The Morgan fingerprint density at radius 3 is 1.20 bits per heavy atom. The van der Waals surface area contributed by atoms with E-state index in [1.54, 1.807) is 0 Å². The third-order valence-corrected chi connectivity index (χ3v) is 0. The summed E-state index contributed by atoms with van der Waals surface area (Å²) in [6.45, 7) is 0. The Kier molecular flexibility index (Phi) is 7.16. The fourth-order valence-electron chi connectivity index (χ4n) is 0. The van der Waals surface area contributed by atoms with E-state index in [0.29, 0.717) is 0 Å². The average molecular weight is 72.9 g/mol.